The first-order valence-corrected chi connectivity index (χ1v) is 9.49. The molecule has 0 aliphatic heterocycles. The summed E-state index contributed by atoms with van der Waals surface area (Å²) in [4.78, 5) is 17.6. The molecule has 4 heteroatoms. The minimum atomic E-state index is 0.0371. The molecule has 3 rings (SSSR count). The molecule has 1 unspecified atom stereocenters. The van der Waals surface area contributed by atoms with Gasteiger partial charge in [-0.3, -0.25) is 9.20 Å². The van der Waals surface area contributed by atoms with Crippen LogP contribution in [0.4, 0.5) is 5.82 Å². The first kappa shape index (κ1) is 18.2. The molecule has 2 heterocycles. The Kier molecular flexibility index (Phi) is 5.71. The molecule has 1 amide bonds. The summed E-state index contributed by atoms with van der Waals surface area (Å²) in [6.45, 7) is 6.30. The van der Waals surface area contributed by atoms with Gasteiger partial charge in [0.1, 0.15) is 17.2 Å². The number of carbonyl (C=O) groups excluding carboxylic acids is 1. The molecule has 1 aromatic carbocycles. The minimum Gasteiger partial charge on any atom is -0.310 e. The molecule has 136 valence electrons. The molecule has 1 N–H and O–H groups in total. The minimum absolute atomic E-state index is 0.0371. The molecule has 0 bridgehead atoms. The molecule has 0 aliphatic rings. The third kappa shape index (κ3) is 3.79. The van der Waals surface area contributed by atoms with Gasteiger partial charge in [0.25, 0.3) is 0 Å². The summed E-state index contributed by atoms with van der Waals surface area (Å²) in [6.07, 6.45) is 5.90. The highest BCUT2D eigenvalue weighted by Gasteiger charge is 2.21. The second kappa shape index (κ2) is 8.17. The summed E-state index contributed by atoms with van der Waals surface area (Å²) in [6, 6.07) is 14.1. The highest BCUT2D eigenvalue weighted by Crippen LogP contribution is 2.30. The first-order chi connectivity index (χ1) is 12.6. The van der Waals surface area contributed by atoms with E-state index in [0.29, 0.717) is 0 Å². The molecular formula is C22H27N3O. The third-order valence-corrected chi connectivity index (χ3v) is 4.87. The molecule has 2 aromatic heterocycles. The molecule has 0 saturated heterocycles. The number of fused-ring (bicyclic) bond motifs is 1. The van der Waals surface area contributed by atoms with Crippen LogP contribution in [0.15, 0.2) is 48.7 Å². The fourth-order valence-corrected chi connectivity index (χ4v) is 3.22. The lowest BCUT2D eigenvalue weighted by Gasteiger charge is -2.15. The summed E-state index contributed by atoms with van der Waals surface area (Å²) in [5.41, 5.74) is 3.86. The molecule has 4 nitrogen and oxygen atoms in total. The van der Waals surface area contributed by atoms with Crippen LogP contribution in [0, 0.1) is 12.8 Å². The van der Waals surface area contributed by atoms with Crippen LogP contribution >= 0.6 is 0 Å². The highest BCUT2D eigenvalue weighted by atomic mass is 16.2. The van der Waals surface area contributed by atoms with Gasteiger partial charge in [0.15, 0.2) is 0 Å². The fourth-order valence-electron chi connectivity index (χ4n) is 3.22. The van der Waals surface area contributed by atoms with Crippen LogP contribution in [0.3, 0.4) is 0 Å². The van der Waals surface area contributed by atoms with E-state index in [2.05, 4.69) is 50.4 Å². The normalized spacial score (nSPS) is 12.3. The van der Waals surface area contributed by atoms with E-state index in [0.717, 1.165) is 48.4 Å². The largest absolute Gasteiger partial charge is 0.310 e. The van der Waals surface area contributed by atoms with Crippen LogP contribution in [0.1, 0.15) is 45.1 Å². The van der Waals surface area contributed by atoms with Crippen molar-refractivity contribution in [3.63, 3.8) is 0 Å². The van der Waals surface area contributed by atoms with Crippen LogP contribution in [0.2, 0.25) is 0 Å². The Morgan fingerprint density at radius 2 is 1.92 bits per heavy atom. The number of hydrogen-bond donors (Lipinski definition) is 1. The number of carbonyl (C=O) groups is 1. The number of rotatable bonds is 7. The van der Waals surface area contributed by atoms with Gasteiger partial charge < -0.3 is 5.32 Å². The van der Waals surface area contributed by atoms with Gasteiger partial charge >= 0.3 is 0 Å². The van der Waals surface area contributed by atoms with Gasteiger partial charge in [-0.15, -0.1) is 0 Å². The van der Waals surface area contributed by atoms with Gasteiger partial charge in [0.2, 0.25) is 5.91 Å². The number of benzene rings is 1. The number of nitrogens with one attached hydrogen (secondary N) is 1. The maximum Gasteiger partial charge on any atom is 0.228 e. The Labute approximate surface area is 155 Å². The molecule has 0 saturated carbocycles. The summed E-state index contributed by atoms with van der Waals surface area (Å²) in [5.74, 6) is 0.874. The smallest absolute Gasteiger partial charge is 0.228 e. The SMILES string of the molecule is CCCCC(CC)C(=O)Nc1c(-c2ccc(C)cc2)nc2ccccn12. The first-order valence-electron chi connectivity index (χ1n) is 9.49. The predicted molar refractivity (Wildman–Crippen MR) is 107 cm³/mol. The average Bonchev–Trinajstić information content (AvgIpc) is 3.01. The quantitative estimate of drug-likeness (QED) is 0.615. The van der Waals surface area contributed by atoms with Crippen LogP contribution in [-0.4, -0.2) is 15.3 Å². The van der Waals surface area contributed by atoms with Crippen molar-refractivity contribution in [3.8, 4) is 11.3 Å². The second-order valence-electron chi connectivity index (χ2n) is 6.84. The van der Waals surface area contributed by atoms with Crippen LogP contribution in [0.25, 0.3) is 16.9 Å². The number of unbranched alkanes of at least 4 members (excludes halogenated alkanes) is 1. The molecular weight excluding hydrogens is 322 g/mol. The van der Waals surface area contributed by atoms with Crippen molar-refractivity contribution in [2.24, 2.45) is 5.92 Å². The van der Waals surface area contributed by atoms with Crippen LogP contribution < -0.4 is 5.32 Å². The van der Waals surface area contributed by atoms with E-state index in [4.69, 9.17) is 4.98 Å². The number of amides is 1. The molecule has 26 heavy (non-hydrogen) atoms. The maximum absolute atomic E-state index is 12.9. The topological polar surface area (TPSA) is 46.4 Å². The van der Waals surface area contributed by atoms with Gasteiger partial charge in [0.05, 0.1) is 0 Å². The van der Waals surface area contributed by atoms with Crippen molar-refractivity contribution >= 4 is 17.4 Å². The highest BCUT2D eigenvalue weighted by molar-refractivity contribution is 5.96. The summed E-state index contributed by atoms with van der Waals surface area (Å²) in [7, 11) is 0. The van der Waals surface area contributed by atoms with Gasteiger partial charge in [-0.1, -0.05) is 62.6 Å². The third-order valence-electron chi connectivity index (χ3n) is 4.87. The Hall–Kier alpha value is -2.62. The number of aromatic nitrogens is 2. The van der Waals surface area contributed by atoms with Gasteiger partial charge in [-0.2, -0.15) is 0 Å². The van der Waals surface area contributed by atoms with E-state index in [-0.39, 0.29) is 11.8 Å². The summed E-state index contributed by atoms with van der Waals surface area (Å²) in [5, 5.41) is 3.17. The number of anilines is 1. The molecule has 0 fully saturated rings. The molecule has 0 radical (unpaired) electrons. The number of aryl methyl sites for hydroxylation is 1. The lowest BCUT2D eigenvalue weighted by Crippen LogP contribution is -2.23. The van der Waals surface area contributed by atoms with E-state index in [1.165, 1.54) is 5.56 Å². The summed E-state index contributed by atoms with van der Waals surface area (Å²) < 4.78 is 1.96. The standard InChI is InChI=1S/C22H27N3O/c1-4-6-9-17(5-2)22(26)24-21-20(18-13-11-16(3)12-14-18)23-19-10-7-8-15-25(19)21/h7-8,10-15,17H,4-6,9H2,1-3H3,(H,24,26). The van der Waals surface area contributed by atoms with E-state index < -0.39 is 0 Å². The van der Waals surface area contributed by atoms with E-state index in [9.17, 15) is 4.79 Å². The molecule has 0 aliphatic carbocycles. The lowest BCUT2D eigenvalue weighted by atomic mass is 9.98. The summed E-state index contributed by atoms with van der Waals surface area (Å²) >= 11 is 0. The maximum atomic E-state index is 12.9. The van der Waals surface area contributed by atoms with Gasteiger partial charge in [0, 0.05) is 17.7 Å². The van der Waals surface area contributed by atoms with Gasteiger partial charge in [-0.25, -0.2) is 4.98 Å². The van der Waals surface area contributed by atoms with E-state index in [1.54, 1.807) is 0 Å². The average molecular weight is 349 g/mol. The van der Waals surface area contributed by atoms with Crippen molar-refractivity contribution in [1.29, 1.82) is 0 Å². The van der Waals surface area contributed by atoms with E-state index >= 15 is 0 Å². The van der Waals surface area contributed by atoms with Crippen molar-refractivity contribution in [3.05, 3.63) is 54.2 Å². The Morgan fingerprint density at radius 1 is 1.15 bits per heavy atom. The zero-order valence-corrected chi connectivity index (χ0v) is 15.8. The Morgan fingerprint density at radius 3 is 2.62 bits per heavy atom. The van der Waals surface area contributed by atoms with E-state index in [1.807, 2.05) is 28.8 Å². The number of hydrogen-bond acceptors (Lipinski definition) is 2. The van der Waals surface area contributed by atoms with Crippen molar-refractivity contribution in [1.82, 2.24) is 9.38 Å². The number of pyridine rings is 1. The zero-order valence-electron chi connectivity index (χ0n) is 15.8. The lowest BCUT2D eigenvalue weighted by molar-refractivity contribution is -0.120. The Balaban J connectivity index is 1.99. The number of nitrogens with zero attached hydrogens (tertiary/aromatic N) is 2. The van der Waals surface area contributed by atoms with Crippen molar-refractivity contribution in [2.75, 3.05) is 5.32 Å². The van der Waals surface area contributed by atoms with Crippen molar-refractivity contribution in [2.45, 2.75) is 46.5 Å². The molecule has 1 atom stereocenters. The molecule has 3 aromatic rings. The van der Waals surface area contributed by atoms with Crippen LogP contribution in [0.5, 0.6) is 0 Å². The zero-order chi connectivity index (χ0) is 18.5. The van der Waals surface area contributed by atoms with Gasteiger partial charge in [-0.05, 0) is 31.9 Å². The van der Waals surface area contributed by atoms with Crippen molar-refractivity contribution < 1.29 is 4.79 Å². The molecule has 0 spiro atoms. The Bertz CT molecular complexity index is 880. The monoisotopic (exact) mass is 349 g/mol. The van der Waals surface area contributed by atoms with Crippen LogP contribution in [-0.2, 0) is 4.79 Å². The second-order valence-corrected chi connectivity index (χ2v) is 6.84. The predicted octanol–water partition coefficient (Wildman–Crippen LogP) is 5.46. The number of imidazole rings is 1. The fraction of sp³-hybridized carbons (Fsp3) is 0.364.